The second-order valence-corrected chi connectivity index (χ2v) is 8.91. The van der Waals surface area contributed by atoms with Crippen LogP contribution in [0.1, 0.15) is 38.8 Å². The van der Waals surface area contributed by atoms with E-state index in [2.05, 4.69) is 32.4 Å². The summed E-state index contributed by atoms with van der Waals surface area (Å²) in [4.78, 5) is 0.313. The summed E-state index contributed by atoms with van der Waals surface area (Å²) in [6, 6.07) is 5.10. The molecule has 3 N–H and O–H groups in total. The number of rotatable bonds is 5. The molecular weight excluding hydrogens is 284 g/mol. The van der Waals surface area contributed by atoms with Crippen molar-refractivity contribution in [1.82, 2.24) is 4.72 Å². The van der Waals surface area contributed by atoms with Crippen molar-refractivity contribution < 1.29 is 8.42 Å². The zero-order chi connectivity index (χ0) is 16.1. The zero-order valence-electron chi connectivity index (χ0n) is 13.5. The Balaban J connectivity index is 2.12. The van der Waals surface area contributed by atoms with E-state index in [1.165, 1.54) is 0 Å². The highest BCUT2D eigenvalue weighted by atomic mass is 32.2. The number of benzene rings is 1. The number of nitrogens with one attached hydrogen (secondary N) is 1. The van der Waals surface area contributed by atoms with Gasteiger partial charge in [-0.1, -0.05) is 33.8 Å². The van der Waals surface area contributed by atoms with E-state index in [0.717, 1.165) is 11.1 Å². The SMILES string of the molecule is Cc1cc(S(=O)(=O)NCC2C(C)(C)C2(C)C)ccc1CN. The molecule has 0 atom stereocenters. The summed E-state index contributed by atoms with van der Waals surface area (Å²) in [5.74, 6) is 0.365. The summed E-state index contributed by atoms with van der Waals surface area (Å²) >= 11 is 0. The number of sulfonamides is 1. The van der Waals surface area contributed by atoms with Crippen LogP contribution < -0.4 is 10.5 Å². The van der Waals surface area contributed by atoms with Gasteiger partial charge in [0.15, 0.2) is 0 Å². The standard InChI is InChI=1S/C16H26N2O2S/c1-11-8-13(7-6-12(11)9-17)21(19,20)18-10-14-15(2,3)16(14,4)5/h6-8,14,18H,9-10,17H2,1-5H3. The average Bonchev–Trinajstić information content (AvgIpc) is 2.77. The molecule has 1 fully saturated rings. The molecule has 118 valence electrons. The van der Waals surface area contributed by atoms with E-state index in [9.17, 15) is 8.42 Å². The third-order valence-electron chi connectivity index (χ3n) is 5.64. The summed E-state index contributed by atoms with van der Waals surface area (Å²) in [5, 5.41) is 0. The van der Waals surface area contributed by atoms with Crippen molar-refractivity contribution in [2.24, 2.45) is 22.5 Å². The van der Waals surface area contributed by atoms with Crippen LogP contribution in [0.3, 0.4) is 0 Å². The lowest BCUT2D eigenvalue weighted by Gasteiger charge is -2.10. The van der Waals surface area contributed by atoms with Crippen molar-refractivity contribution in [2.45, 2.75) is 46.1 Å². The minimum atomic E-state index is -3.45. The minimum Gasteiger partial charge on any atom is -0.326 e. The molecule has 0 heterocycles. The fourth-order valence-electron chi connectivity index (χ4n) is 3.18. The fourth-order valence-corrected chi connectivity index (χ4v) is 4.32. The van der Waals surface area contributed by atoms with E-state index < -0.39 is 10.0 Å². The maximum atomic E-state index is 12.4. The maximum absolute atomic E-state index is 12.4. The van der Waals surface area contributed by atoms with E-state index in [1.54, 1.807) is 18.2 Å². The molecule has 1 aromatic rings. The predicted molar refractivity (Wildman–Crippen MR) is 85.3 cm³/mol. The van der Waals surface area contributed by atoms with Crippen molar-refractivity contribution in [2.75, 3.05) is 6.54 Å². The molecule has 2 rings (SSSR count). The molecular formula is C16H26N2O2S. The number of nitrogens with two attached hydrogens (primary N) is 1. The van der Waals surface area contributed by atoms with E-state index >= 15 is 0 Å². The van der Waals surface area contributed by atoms with Crippen LogP contribution in [0.2, 0.25) is 0 Å². The molecule has 1 aliphatic rings. The Morgan fingerprint density at radius 3 is 2.19 bits per heavy atom. The lowest BCUT2D eigenvalue weighted by molar-refractivity contribution is 0.457. The Hall–Kier alpha value is -0.910. The highest BCUT2D eigenvalue weighted by Gasteiger charge is 2.64. The molecule has 0 radical (unpaired) electrons. The summed E-state index contributed by atoms with van der Waals surface area (Å²) in [6.07, 6.45) is 0. The highest BCUT2D eigenvalue weighted by Crippen LogP contribution is 2.67. The molecule has 0 aromatic heterocycles. The van der Waals surface area contributed by atoms with Crippen LogP contribution in [-0.2, 0) is 16.6 Å². The molecule has 0 amide bonds. The first-order chi connectivity index (χ1) is 9.54. The van der Waals surface area contributed by atoms with E-state index in [-0.39, 0.29) is 10.8 Å². The molecule has 1 aromatic carbocycles. The van der Waals surface area contributed by atoms with E-state index in [4.69, 9.17) is 5.73 Å². The summed E-state index contributed by atoms with van der Waals surface area (Å²) < 4.78 is 27.5. The van der Waals surface area contributed by atoms with Gasteiger partial charge in [-0.2, -0.15) is 0 Å². The molecule has 1 aliphatic carbocycles. The van der Waals surface area contributed by atoms with Crippen molar-refractivity contribution in [3.63, 3.8) is 0 Å². The quantitative estimate of drug-likeness (QED) is 0.877. The Labute approximate surface area is 128 Å². The predicted octanol–water partition coefficient (Wildman–Crippen LogP) is 2.41. The van der Waals surface area contributed by atoms with Gasteiger partial charge >= 0.3 is 0 Å². The van der Waals surface area contributed by atoms with Gasteiger partial charge < -0.3 is 5.73 Å². The second kappa shape index (κ2) is 5.07. The normalized spacial score (nSPS) is 20.5. The van der Waals surface area contributed by atoms with Crippen LogP contribution in [0.5, 0.6) is 0 Å². The summed E-state index contributed by atoms with van der Waals surface area (Å²) in [7, 11) is -3.45. The van der Waals surface area contributed by atoms with Crippen LogP contribution in [0.15, 0.2) is 23.1 Å². The lowest BCUT2D eigenvalue weighted by Crippen LogP contribution is -2.27. The van der Waals surface area contributed by atoms with Crippen molar-refractivity contribution >= 4 is 10.0 Å². The van der Waals surface area contributed by atoms with Crippen molar-refractivity contribution in [3.8, 4) is 0 Å². The van der Waals surface area contributed by atoms with Gasteiger partial charge in [0, 0.05) is 13.1 Å². The van der Waals surface area contributed by atoms with Crippen LogP contribution in [0.4, 0.5) is 0 Å². The first-order valence-electron chi connectivity index (χ1n) is 7.33. The molecule has 4 nitrogen and oxygen atoms in total. The van der Waals surface area contributed by atoms with Gasteiger partial charge in [-0.3, -0.25) is 0 Å². The summed E-state index contributed by atoms with van der Waals surface area (Å²) in [6.45, 7) is 11.5. The number of hydrogen-bond donors (Lipinski definition) is 2. The first-order valence-corrected chi connectivity index (χ1v) is 8.81. The first kappa shape index (κ1) is 16.5. The molecule has 5 heteroatoms. The smallest absolute Gasteiger partial charge is 0.240 e. The van der Waals surface area contributed by atoms with Gasteiger partial charge in [0.1, 0.15) is 0 Å². The molecule has 0 saturated heterocycles. The Morgan fingerprint density at radius 1 is 1.19 bits per heavy atom. The van der Waals surface area contributed by atoms with Gasteiger partial charge in [0.25, 0.3) is 0 Å². The Bertz CT molecular complexity index is 634. The lowest BCUT2D eigenvalue weighted by atomic mass is 10.0. The minimum absolute atomic E-state index is 0.175. The maximum Gasteiger partial charge on any atom is 0.240 e. The van der Waals surface area contributed by atoms with Gasteiger partial charge in [0.05, 0.1) is 4.90 Å². The zero-order valence-corrected chi connectivity index (χ0v) is 14.3. The number of hydrogen-bond acceptors (Lipinski definition) is 3. The fraction of sp³-hybridized carbons (Fsp3) is 0.625. The molecule has 0 bridgehead atoms. The molecule has 1 saturated carbocycles. The average molecular weight is 310 g/mol. The summed E-state index contributed by atoms with van der Waals surface area (Å²) in [5.41, 5.74) is 7.84. The van der Waals surface area contributed by atoms with Crippen LogP contribution in [-0.4, -0.2) is 15.0 Å². The largest absolute Gasteiger partial charge is 0.326 e. The topological polar surface area (TPSA) is 72.2 Å². The van der Waals surface area contributed by atoms with Crippen molar-refractivity contribution in [3.05, 3.63) is 29.3 Å². The third-order valence-corrected chi connectivity index (χ3v) is 7.06. The van der Waals surface area contributed by atoms with Crippen molar-refractivity contribution in [1.29, 1.82) is 0 Å². The monoisotopic (exact) mass is 310 g/mol. The van der Waals surface area contributed by atoms with Crippen LogP contribution in [0, 0.1) is 23.7 Å². The highest BCUT2D eigenvalue weighted by molar-refractivity contribution is 7.89. The Kier molecular flexibility index (Phi) is 3.98. The molecule has 0 spiro atoms. The van der Waals surface area contributed by atoms with Crippen LogP contribution >= 0.6 is 0 Å². The molecule has 0 aliphatic heterocycles. The number of aryl methyl sites for hydroxylation is 1. The van der Waals surface area contributed by atoms with E-state index in [1.807, 2.05) is 6.92 Å². The van der Waals surface area contributed by atoms with Gasteiger partial charge in [-0.15, -0.1) is 0 Å². The van der Waals surface area contributed by atoms with Gasteiger partial charge in [-0.05, 0) is 46.9 Å². The van der Waals surface area contributed by atoms with Gasteiger partial charge in [0.2, 0.25) is 10.0 Å². The molecule has 21 heavy (non-hydrogen) atoms. The van der Waals surface area contributed by atoms with Crippen LogP contribution in [0.25, 0.3) is 0 Å². The van der Waals surface area contributed by atoms with E-state index in [0.29, 0.717) is 23.9 Å². The second-order valence-electron chi connectivity index (χ2n) is 7.14. The molecule has 0 unspecified atom stereocenters. The Morgan fingerprint density at radius 2 is 1.76 bits per heavy atom. The third kappa shape index (κ3) is 2.74. The van der Waals surface area contributed by atoms with Gasteiger partial charge in [-0.25, -0.2) is 13.1 Å².